The average Bonchev–Trinajstić information content (AvgIpc) is 3.08. The predicted octanol–water partition coefficient (Wildman–Crippen LogP) is 4.76. The van der Waals surface area contributed by atoms with Crippen LogP contribution in [0.1, 0.15) is 51.3 Å². The molecule has 5 rings (SSSR count). The number of benzene rings is 3. The minimum absolute atomic E-state index is 0.00435. The van der Waals surface area contributed by atoms with Gasteiger partial charge in [0.05, 0.1) is 16.7 Å². The van der Waals surface area contributed by atoms with Crippen molar-refractivity contribution in [3.63, 3.8) is 0 Å². The van der Waals surface area contributed by atoms with Crippen molar-refractivity contribution in [3.8, 4) is 23.0 Å². The van der Waals surface area contributed by atoms with Crippen molar-refractivity contribution < 1.29 is 46.9 Å². The number of hydrogen-bond acceptors (Lipinski definition) is 8. The average molecular weight is 515 g/mol. The molecule has 0 aromatic heterocycles. The van der Waals surface area contributed by atoms with Crippen LogP contribution >= 0.6 is 11.6 Å². The molecule has 0 atom stereocenters. The fourth-order valence-electron chi connectivity index (χ4n) is 4.31. The molecule has 1 spiro atoms. The Morgan fingerprint density at radius 1 is 0.833 bits per heavy atom. The third-order valence-electron chi connectivity index (χ3n) is 5.65. The number of rotatable bonds is 3. The first kappa shape index (κ1) is 23.4. The Bertz CT molecular complexity index is 1460. The molecule has 2 aliphatic rings. The molecule has 0 saturated heterocycles. The Labute approximate surface area is 206 Å². The van der Waals surface area contributed by atoms with Crippen LogP contribution in [0.3, 0.4) is 0 Å². The van der Waals surface area contributed by atoms with Crippen LogP contribution in [0.2, 0.25) is 0 Å². The van der Waals surface area contributed by atoms with Gasteiger partial charge in [-0.15, -0.1) is 0 Å². The Balaban J connectivity index is 1.83. The summed E-state index contributed by atoms with van der Waals surface area (Å²) in [5.41, 5.74) is -1.91. The van der Waals surface area contributed by atoms with Gasteiger partial charge in [0, 0.05) is 37.1 Å². The quantitative estimate of drug-likeness (QED) is 0.280. The molecule has 0 bridgehead atoms. The second-order valence-electron chi connectivity index (χ2n) is 7.95. The second-order valence-corrected chi connectivity index (χ2v) is 8.29. The van der Waals surface area contributed by atoms with Crippen LogP contribution in [0.4, 0.5) is 8.78 Å². The summed E-state index contributed by atoms with van der Waals surface area (Å²) in [6.07, 6.45) is 0. The maximum atomic E-state index is 15.0. The Hall–Kier alpha value is -4.31. The Kier molecular flexibility index (Phi) is 5.29. The van der Waals surface area contributed by atoms with Gasteiger partial charge in [-0.25, -0.2) is 13.6 Å². The van der Waals surface area contributed by atoms with Crippen LogP contribution in [0.15, 0.2) is 42.5 Å². The van der Waals surface area contributed by atoms with E-state index in [0.717, 1.165) is 38.1 Å². The van der Waals surface area contributed by atoms with Gasteiger partial charge in [-0.3, -0.25) is 14.4 Å². The van der Waals surface area contributed by atoms with Crippen molar-refractivity contribution in [1.82, 2.24) is 0 Å². The van der Waals surface area contributed by atoms with Gasteiger partial charge in [-0.05, 0) is 35.9 Å². The highest BCUT2D eigenvalue weighted by Gasteiger charge is 2.54. The van der Waals surface area contributed by atoms with Crippen molar-refractivity contribution in [3.05, 3.63) is 81.9 Å². The number of carbonyl (C=O) groups excluding carboxylic acids is 4. The lowest BCUT2D eigenvalue weighted by molar-refractivity contribution is -0.133. The van der Waals surface area contributed by atoms with Gasteiger partial charge in [0.2, 0.25) is 0 Å². The summed E-state index contributed by atoms with van der Waals surface area (Å²) < 4.78 is 51.4. The number of halogens is 3. The third kappa shape index (κ3) is 3.49. The summed E-state index contributed by atoms with van der Waals surface area (Å²) in [4.78, 5) is 47.5. The first-order valence-electron chi connectivity index (χ1n) is 10.3. The van der Waals surface area contributed by atoms with E-state index in [9.17, 15) is 19.2 Å². The summed E-state index contributed by atoms with van der Waals surface area (Å²) in [6.45, 7) is 2.16. The Morgan fingerprint density at radius 3 is 1.83 bits per heavy atom. The number of fused-ring (bicyclic) bond motifs is 6. The fraction of sp³-hybridized carbons (Fsp3) is 0.120. The molecule has 2 aliphatic heterocycles. The van der Waals surface area contributed by atoms with Gasteiger partial charge < -0.3 is 18.9 Å². The molecule has 0 radical (unpaired) electrons. The van der Waals surface area contributed by atoms with Crippen LogP contribution < -0.4 is 14.2 Å². The highest BCUT2D eigenvalue weighted by Crippen LogP contribution is 2.57. The molecule has 0 unspecified atom stereocenters. The zero-order valence-corrected chi connectivity index (χ0v) is 19.2. The summed E-state index contributed by atoms with van der Waals surface area (Å²) >= 11 is 5.56. The van der Waals surface area contributed by atoms with Crippen molar-refractivity contribution in [1.29, 1.82) is 0 Å². The van der Waals surface area contributed by atoms with E-state index >= 15 is 8.78 Å². The monoisotopic (exact) mass is 514 g/mol. The Morgan fingerprint density at radius 2 is 1.36 bits per heavy atom. The number of ether oxygens (including phenoxy) is 4. The maximum Gasteiger partial charge on any atom is 0.340 e. The van der Waals surface area contributed by atoms with Crippen molar-refractivity contribution >= 4 is 34.8 Å². The maximum absolute atomic E-state index is 15.0. The largest absolute Gasteiger partial charge is 0.456 e. The molecule has 0 N–H and O–H groups in total. The highest BCUT2D eigenvalue weighted by atomic mass is 35.5. The van der Waals surface area contributed by atoms with E-state index in [-0.39, 0.29) is 39.3 Å². The molecular weight excluding hydrogens is 502 g/mol. The van der Waals surface area contributed by atoms with Crippen LogP contribution in [0.5, 0.6) is 23.0 Å². The zero-order valence-electron chi connectivity index (χ0n) is 18.4. The molecule has 0 aliphatic carbocycles. The molecule has 0 fully saturated rings. The molecule has 2 heterocycles. The van der Waals surface area contributed by atoms with Crippen LogP contribution in [0.25, 0.3) is 0 Å². The van der Waals surface area contributed by atoms with E-state index in [1.54, 1.807) is 0 Å². The predicted molar refractivity (Wildman–Crippen MR) is 117 cm³/mol. The van der Waals surface area contributed by atoms with E-state index in [1.807, 2.05) is 0 Å². The number of carbonyl (C=O) groups is 4. The topological polar surface area (TPSA) is 105 Å². The molecule has 0 amide bonds. The summed E-state index contributed by atoms with van der Waals surface area (Å²) in [6, 6.07) is 7.96. The summed E-state index contributed by atoms with van der Waals surface area (Å²) in [7, 11) is 0. The fourth-order valence-corrected chi connectivity index (χ4v) is 4.43. The van der Waals surface area contributed by atoms with Crippen molar-refractivity contribution in [2.75, 3.05) is 0 Å². The first-order chi connectivity index (χ1) is 17.0. The lowest BCUT2D eigenvalue weighted by atomic mass is 9.77. The summed E-state index contributed by atoms with van der Waals surface area (Å²) in [5, 5.41) is -0.825. The van der Waals surface area contributed by atoms with Crippen LogP contribution in [0, 0.1) is 11.6 Å². The smallest absolute Gasteiger partial charge is 0.340 e. The first-order valence-corrected chi connectivity index (χ1v) is 10.7. The number of esters is 3. The minimum atomic E-state index is -1.92. The molecule has 0 saturated carbocycles. The standard InChI is InChI=1S/C25H13ClF2O8/c1-10(29)33-21-8-19-15(6-17(21)27)25(14-4-3-12(23(26)31)5-13(14)24(32)36-25)16-7-18(28)22(34-11(2)30)9-20(16)35-19/h3-9H,1-2H3. The van der Waals surface area contributed by atoms with Crippen LogP contribution in [-0.2, 0) is 19.9 Å². The van der Waals surface area contributed by atoms with Gasteiger partial charge in [0.25, 0.3) is 5.24 Å². The van der Waals surface area contributed by atoms with Gasteiger partial charge in [-0.2, -0.15) is 0 Å². The lowest BCUT2D eigenvalue weighted by Crippen LogP contribution is -2.33. The molecule has 36 heavy (non-hydrogen) atoms. The van der Waals surface area contributed by atoms with Gasteiger partial charge in [0.1, 0.15) is 11.5 Å². The van der Waals surface area contributed by atoms with E-state index in [2.05, 4.69) is 0 Å². The van der Waals surface area contributed by atoms with Crippen LogP contribution in [-0.4, -0.2) is 23.2 Å². The molecule has 3 aromatic carbocycles. The second kappa shape index (κ2) is 8.13. The van der Waals surface area contributed by atoms with Crippen molar-refractivity contribution in [2.24, 2.45) is 0 Å². The molecule has 11 heteroatoms. The molecular formula is C25H13ClF2O8. The molecule has 182 valence electrons. The minimum Gasteiger partial charge on any atom is -0.456 e. The van der Waals surface area contributed by atoms with Gasteiger partial charge >= 0.3 is 17.9 Å². The highest BCUT2D eigenvalue weighted by molar-refractivity contribution is 6.67. The van der Waals surface area contributed by atoms with E-state index in [4.69, 9.17) is 30.5 Å². The lowest BCUT2D eigenvalue weighted by Gasteiger charge is -2.36. The molecule has 3 aromatic rings. The SMILES string of the molecule is CC(=O)Oc1cc2c(cc1F)C1(OC(=O)c3cc(C(=O)Cl)ccc31)c1cc(F)c(OC(C)=O)cc1O2. The van der Waals surface area contributed by atoms with E-state index < -0.39 is 51.9 Å². The van der Waals surface area contributed by atoms with Crippen molar-refractivity contribution in [2.45, 2.75) is 19.4 Å². The summed E-state index contributed by atoms with van der Waals surface area (Å²) in [5.74, 6) is -5.54. The van der Waals surface area contributed by atoms with Gasteiger partial charge in [-0.1, -0.05) is 6.07 Å². The van der Waals surface area contributed by atoms with Gasteiger partial charge in [0.15, 0.2) is 28.7 Å². The normalized spacial score (nSPS) is 14.2. The third-order valence-corrected chi connectivity index (χ3v) is 5.86. The van der Waals surface area contributed by atoms with E-state index in [0.29, 0.717) is 0 Å². The molecule has 8 nitrogen and oxygen atoms in total. The van der Waals surface area contributed by atoms with E-state index in [1.165, 1.54) is 18.2 Å². The zero-order chi connectivity index (χ0) is 25.9. The number of hydrogen-bond donors (Lipinski definition) is 0.